The third-order valence-electron chi connectivity index (χ3n) is 1.95. The van der Waals surface area contributed by atoms with Gasteiger partial charge in [-0.05, 0) is 18.8 Å². The fraction of sp³-hybridized carbons (Fsp3) is 0.857. The van der Waals surface area contributed by atoms with Crippen LogP contribution in [0.15, 0.2) is 0 Å². The van der Waals surface area contributed by atoms with E-state index in [4.69, 9.17) is 5.73 Å². The lowest BCUT2D eigenvalue weighted by atomic mass is 10.1. The number of hydrogen-bond donors (Lipinski definition) is 2. The molecule has 0 bridgehead atoms. The molecule has 1 fully saturated rings. The van der Waals surface area contributed by atoms with Crippen LogP contribution in [-0.4, -0.2) is 30.3 Å². The van der Waals surface area contributed by atoms with Crippen LogP contribution >= 0.6 is 0 Å². The van der Waals surface area contributed by atoms with E-state index in [-0.39, 0.29) is 5.92 Å². The van der Waals surface area contributed by atoms with Crippen LogP contribution in [-0.2, 0) is 9.53 Å². The SMILES string of the molecule is COC(=O)C(N)C(O)C1CC1. The molecular formula is C7H13NO3. The van der Waals surface area contributed by atoms with Crippen LogP contribution < -0.4 is 5.73 Å². The fourth-order valence-corrected chi connectivity index (χ4v) is 1.01. The normalized spacial score (nSPS) is 22.5. The molecular weight excluding hydrogens is 146 g/mol. The number of hydrogen-bond acceptors (Lipinski definition) is 4. The molecule has 3 N–H and O–H groups in total. The minimum Gasteiger partial charge on any atom is -0.468 e. The summed E-state index contributed by atoms with van der Waals surface area (Å²) in [4.78, 5) is 10.8. The Morgan fingerprint density at radius 3 is 2.64 bits per heavy atom. The molecule has 1 saturated carbocycles. The standard InChI is InChI=1S/C7H13NO3/c1-11-7(10)5(8)6(9)4-2-3-4/h4-6,9H,2-3,8H2,1H3. The van der Waals surface area contributed by atoms with Crippen molar-refractivity contribution in [3.8, 4) is 0 Å². The zero-order chi connectivity index (χ0) is 8.43. The Morgan fingerprint density at radius 1 is 1.73 bits per heavy atom. The summed E-state index contributed by atoms with van der Waals surface area (Å²) in [5.41, 5.74) is 5.39. The molecule has 4 nitrogen and oxygen atoms in total. The van der Waals surface area contributed by atoms with Crippen molar-refractivity contribution in [2.75, 3.05) is 7.11 Å². The molecule has 1 aliphatic rings. The van der Waals surface area contributed by atoms with E-state index < -0.39 is 18.1 Å². The highest BCUT2D eigenvalue weighted by atomic mass is 16.5. The summed E-state index contributed by atoms with van der Waals surface area (Å²) >= 11 is 0. The molecule has 0 aromatic rings. The highest BCUT2D eigenvalue weighted by Gasteiger charge is 2.37. The number of ether oxygens (including phenoxy) is 1. The molecule has 1 aliphatic carbocycles. The summed E-state index contributed by atoms with van der Waals surface area (Å²) < 4.78 is 4.39. The zero-order valence-electron chi connectivity index (χ0n) is 6.49. The van der Waals surface area contributed by atoms with Crippen LogP contribution in [0.3, 0.4) is 0 Å². The van der Waals surface area contributed by atoms with Crippen molar-refractivity contribution in [3.63, 3.8) is 0 Å². The maximum Gasteiger partial charge on any atom is 0.325 e. The summed E-state index contributed by atoms with van der Waals surface area (Å²) in [5, 5.41) is 9.33. The van der Waals surface area contributed by atoms with Gasteiger partial charge in [-0.1, -0.05) is 0 Å². The summed E-state index contributed by atoms with van der Waals surface area (Å²) in [7, 11) is 1.27. The second kappa shape index (κ2) is 3.19. The number of aliphatic hydroxyl groups is 1. The molecule has 2 atom stereocenters. The highest BCUT2D eigenvalue weighted by molar-refractivity contribution is 5.76. The first-order valence-corrected chi connectivity index (χ1v) is 3.68. The molecule has 0 spiro atoms. The fourth-order valence-electron chi connectivity index (χ4n) is 1.01. The van der Waals surface area contributed by atoms with E-state index >= 15 is 0 Å². The van der Waals surface area contributed by atoms with Gasteiger partial charge in [0.15, 0.2) is 0 Å². The van der Waals surface area contributed by atoms with E-state index in [1.54, 1.807) is 0 Å². The van der Waals surface area contributed by atoms with E-state index in [1.807, 2.05) is 0 Å². The largest absolute Gasteiger partial charge is 0.468 e. The van der Waals surface area contributed by atoms with Crippen molar-refractivity contribution >= 4 is 5.97 Å². The number of aliphatic hydroxyl groups excluding tert-OH is 1. The Labute approximate surface area is 65.3 Å². The van der Waals surface area contributed by atoms with Crippen molar-refractivity contribution in [2.45, 2.75) is 25.0 Å². The second-order valence-electron chi connectivity index (χ2n) is 2.88. The van der Waals surface area contributed by atoms with Crippen molar-refractivity contribution < 1.29 is 14.6 Å². The molecule has 0 heterocycles. The molecule has 64 valence electrons. The second-order valence-corrected chi connectivity index (χ2v) is 2.88. The molecule has 0 radical (unpaired) electrons. The van der Waals surface area contributed by atoms with Gasteiger partial charge < -0.3 is 15.6 Å². The van der Waals surface area contributed by atoms with E-state index in [1.165, 1.54) is 7.11 Å². The molecule has 2 unspecified atom stereocenters. The van der Waals surface area contributed by atoms with Gasteiger partial charge in [0, 0.05) is 0 Å². The van der Waals surface area contributed by atoms with Crippen molar-refractivity contribution in [1.82, 2.24) is 0 Å². The molecule has 0 amide bonds. The van der Waals surface area contributed by atoms with Crippen LogP contribution in [0.25, 0.3) is 0 Å². The summed E-state index contributed by atoms with van der Waals surface area (Å²) in [6, 6.07) is -0.868. The minimum atomic E-state index is -0.868. The number of carbonyl (C=O) groups is 1. The third-order valence-corrected chi connectivity index (χ3v) is 1.95. The van der Waals surface area contributed by atoms with Crippen LogP contribution in [0.2, 0.25) is 0 Å². The van der Waals surface area contributed by atoms with Gasteiger partial charge in [0.05, 0.1) is 13.2 Å². The smallest absolute Gasteiger partial charge is 0.325 e. The first-order valence-electron chi connectivity index (χ1n) is 3.68. The minimum absolute atomic E-state index is 0.212. The molecule has 0 aliphatic heterocycles. The predicted molar refractivity (Wildman–Crippen MR) is 38.7 cm³/mol. The average molecular weight is 159 g/mol. The maximum absolute atomic E-state index is 10.8. The predicted octanol–water partition coefficient (Wildman–Crippen LogP) is -0.742. The maximum atomic E-state index is 10.8. The number of nitrogens with two attached hydrogens (primary N) is 1. The average Bonchev–Trinajstić information content (AvgIpc) is 2.82. The summed E-state index contributed by atoms with van der Waals surface area (Å²) in [6.45, 7) is 0. The van der Waals surface area contributed by atoms with Gasteiger partial charge >= 0.3 is 5.97 Å². The molecule has 1 rings (SSSR count). The van der Waals surface area contributed by atoms with Gasteiger partial charge in [0.2, 0.25) is 0 Å². The molecule has 0 aromatic carbocycles. The molecule has 4 heteroatoms. The lowest BCUT2D eigenvalue weighted by Crippen LogP contribution is -2.43. The summed E-state index contributed by atoms with van der Waals surface area (Å²) in [5.74, 6) is -0.325. The Kier molecular flexibility index (Phi) is 2.46. The van der Waals surface area contributed by atoms with E-state index in [9.17, 15) is 9.90 Å². The number of esters is 1. The zero-order valence-corrected chi connectivity index (χ0v) is 6.49. The first-order chi connectivity index (χ1) is 5.16. The Hall–Kier alpha value is -0.610. The molecule has 0 aromatic heterocycles. The molecule has 11 heavy (non-hydrogen) atoms. The van der Waals surface area contributed by atoms with Crippen molar-refractivity contribution in [1.29, 1.82) is 0 Å². The topological polar surface area (TPSA) is 72.5 Å². The van der Waals surface area contributed by atoms with Gasteiger partial charge in [-0.2, -0.15) is 0 Å². The van der Waals surface area contributed by atoms with Gasteiger partial charge in [-0.25, -0.2) is 0 Å². The van der Waals surface area contributed by atoms with Gasteiger partial charge in [-0.3, -0.25) is 4.79 Å². The lowest BCUT2D eigenvalue weighted by molar-refractivity contribution is -0.145. The number of rotatable bonds is 3. The molecule has 0 saturated heterocycles. The van der Waals surface area contributed by atoms with Gasteiger partial charge in [0.1, 0.15) is 6.04 Å². The first kappa shape index (κ1) is 8.49. The van der Waals surface area contributed by atoms with E-state index in [0.29, 0.717) is 0 Å². The Morgan fingerprint density at radius 2 is 2.27 bits per heavy atom. The third kappa shape index (κ3) is 1.91. The van der Waals surface area contributed by atoms with Crippen molar-refractivity contribution in [2.24, 2.45) is 11.7 Å². The Bertz CT molecular complexity index is 156. The monoisotopic (exact) mass is 159 g/mol. The Balaban J connectivity index is 2.38. The quantitative estimate of drug-likeness (QED) is 0.532. The number of methoxy groups -OCH3 is 1. The van der Waals surface area contributed by atoms with Crippen molar-refractivity contribution in [3.05, 3.63) is 0 Å². The van der Waals surface area contributed by atoms with E-state index in [2.05, 4.69) is 4.74 Å². The van der Waals surface area contributed by atoms with Crippen LogP contribution in [0, 0.1) is 5.92 Å². The van der Waals surface area contributed by atoms with Gasteiger partial charge in [0.25, 0.3) is 0 Å². The van der Waals surface area contributed by atoms with Gasteiger partial charge in [-0.15, -0.1) is 0 Å². The summed E-state index contributed by atoms with van der Waals surface area (Å²) in [6.07, 6.45) is 1.21. The van der Waals surface area contributed by atoms with E-state index in [0.717, 1.165) is 12.8 Å². The van der Waals surface area contributed by atoms with Crippen LogP contribution in [0.1, 0.15) is 12.8 Å². The van der Waals surface area contributed by atoms with Crippen LogP contribution in [0.5, 0.6) is 0 Å². The lowest BCUT2D eigenvalue weighted by Gasteiger charge is -2.15. The number of carbonyl (C=O) groups excluding carboxylic acids is 1. The highest BCUT2D eigenvalue weighted by Crippen LogP contribution is 2.33. The van der Waals surface area contributed by atoms with Crippen LogP contribution in [0.4, 0.5) is 0 Å².